The van der Waals surface area contributed by atoms with E-state index in [2.05, 4.69) is 10.0 Å². The van der Waals surface area contributed by atoms with Crippen molar-refractivity contribution in [3.63, 3.8) is 0 Å². The zero-order valence-electron chi connectivity index (χ0n) is 9.64. The van der Waals surface area contributed by atoms with E-state index < -0.39 is 10.0 Å². The quantitative estimate of drug-likeness (QED) is 0.880. The lowest BCUT2D eigenvalue weighted by molar-refractivity contribution is 0.607. The largest absolute Gasteiger partial charge is 0.381 e. The summed E-state index contributed by atoms with van der Waals surface area (Å²) in [4.78, 5) is 0. The molecule has 1 fully saturated rings. The van der Waals surface area contributed by atoms with E-state index in [4.69, 9.17) is 0 Å². The summed E-state index contributed by atoms with van der Waals surface area (Å²) in [6, 6.07) is 7.87. The molecule has 17 heavy (non-hydrogen) atoms. The average Bonchev–Trinajstić information content (AvgIpc) is 2.71. The molecule has 0 amide bonds. The second kappa shape index (κ2) is 5.18. The van der Waals surface area contributed by atoms with Crippen LogP contribution in [0, 0.1) is 0 Å². The minimum atomic E-state index is -3.19. The summed E-state index contributed by atoms with van der Waals surface area (Å²) in [6.07, 6.45) is 2.34. The number of sulfonamides is 1. The maximum absolute atomic E-state index is 11.0. The van der Waals surface area contributed by atoms with Crippen LogP contribution in [0.15, 0.2) is 24.3 Å². The molecule has 0 saturated carbocycles. The topological polar surface area (TPSA) is 58.2 Å². The van der Waals surface area contributed by atoms with Gasteiger partial charge in [0.2, 0.25) is 10.0 Å². The number of nitrogens with one attached hydrogen (secondary N) is 2. The van der Waals surface area contributed by atoms with Crippen molar-refractivity contribution in [3.05, 3.63) is 24.3 Å². The Balaban J connectivity index is 1.97. The molecular formula is C11H16N2O2S2. The van der Waals surface area contributed by atoms with Gasteiger partial charge in [-0.25, -0.2) is 8.42 Å². The normalized spacial score (nSPS) is 20.2. The van der Waals surface area contributed by atoms with Crippen LogP contribution in [-0.4, -0.2) is 32.2 Å². The van der Waals surface area contributed by atoms with E-state index >= 15 is 0 Å². The predicted octanol–water partition coefficient (Wildman–Crippen LogP) is 1.98. The fraction of sp³-hybridized carbons (Fsp3) is 0.455. The first kappa shape index (κ1) is 12.6. The standard InChI is InChI=1S/C11H16N2O2S2/c1-17(14,15)13-10-4-2-9(3-5-10)12-11-6-7-16-8-11/h2-5,11-13H,6-8H2,1H3. The molecule has 2 N–H and O–H groups in total. The van der Waals surface area contributed by atoms with Gasteiger partial charge in [-0.15, -0.1) is 0 Å². The van der Waals surface area contributed by atoms with Crippen molar-refractivity contribution in [1.29, 1.82) is 0 Å². The highest BCUT2D eigenvalue weighted by Gasteiger charge is 2.14. The lowest BCUT2D eigenvalue weighted by atomic mass is 10.2. The van der Waals surface area contributed by atoms with Crippen molar-refractivity contribution in [3.8, 4) is 0 Å². The molecule has 0 bridgehead atoms. The summed E-state index contributed by atoms with van der Waals surface area (Å²) in [5, 5.41) is 3.43. The van der Waals surface area contributed by atoms with Gasteiger partial charge in [-0.2, -0.15) is 11.8 Å². The summed E-state index contributed by atoms with van der Waals surface area (Å²) in [5.41, 5.74) is 1.63. The van der Waals surface area contributed by atoms with E-state index in [0.29, 0.717) is 11.7 Å². The van der Waals surface area contributed by atoms with Crippen LogP contribution in [0.2, 0.25) is 0 Å². The number of benzene rings is 1. The van der Waals surface area contributed by atoms with Gasteiger partial charge >= 0.3 is 0 Å². The molecule has 1 aromatic rings. The third-order valence-electron chi connectivity index (χ3n) is 2.49. The molecule has 1 unspecified atom stereocenters. The van der Waals surface area contributed by atoms with Gasteiger partial charge in [-0.3, -0.25) is 4.72 Å². The molecule has 6 heteroatoms. The molecular weight excluding hydrogens is 256 g/mol. The van der Waals surface area contributed by atoms with Crippen molar-refractivity contribution in [2.45, 2.75) is 12.5 Å². The summed E-state index contributed by atoms with van der Waals surface area (Å²) in [6.45, 7) is 0. The van der Waals surface area contributed by atoms with E-state index in [1.165, 1.54) is 12.2 Å². The fourth-order valence-electron chi connectivity index (χ4n) is 1.73. The Morgan fingerprint density at radius 1 is 1.24 bits per heavy atom. The van der Waals surface area contributed by atoms with Crippen LogP contribution < -0.4 is 10.0 Å². The molecule has 2 rings (SSSR count). The van der Waals surface area contributed by atoms with Crippen LogP contribution in [0.25, 0.3) is 0 Å². The summed E-state index contributed by atoms with van der Waals surface area (Å²) >= 11 is 1.96. The molecule has 1 heterocycles. The number of anilines is 2. The maximum Gasteiger partial charge on any atom is 0.229 e. The molecule has 1 aliphatic heterocycles. The van der Waals surface area contributed by atoms with Gasteiger partial charge in [0, 0.05) is 23.2 Å². The van der Waals surface area contributed by atoms with Crippen molar-refractivity contribution >= 4 is 33.2 Å². The van der Waals surface area contributed by atoms with Crippen LogP contribution in [0.1, 0.15) is 6.42 Å². The molecule has 0 spiro atoms. The number of hydrogen-bond donors (Lipinski definition) is 2. The predicted molar refractivity (Wildman–Crippen MR) is 74.3 cm³/mol. The molecule has 94 valence electrons. The van der Waals surface area contributed by atoms with Crippen LogP contribution in [0.5, 0.6) is 0 Å². The minimum Gasteiger partial charge on any atom is -0.381 e. The first-order valence-electron chi connectivity index (χ1n) is 5.45. The van der Waals surface area contributed by atoms with Gasteiger partial charge in [-0.1, -0.05) is 0 Å². The van der Waals surface area contributed by atoms with E-state index in [0.717, 1.165) is 17.7 Å². The molecule has 0 aromatic heterocycles. The van der Waals surface area contributed by atoms with Crippen molar-refractivity contribution in [1.82, 2.24) is 0 Å². The highest BCUT2D eigenvalue weighted by Crippen LogP contribution is 2.22. The van der Waals surface area contributed by atoms with Crippen LogP contribution in [-0.2, 0) is 10.0 Å². The van der Waals surface area contributed by atoms with Crippen LogP contribution in [0.3, 0.4) is 0 Å². The highest BCUT2D eigenvalue weighted by molar-refractivity contribution is 7.99. The number of thioether (sulfide) groups is 1. The first-order valence-corrected chi connectivity index (χ1v) is 8.50. The highest BCUT2D eigenvalue weighted by atomic mass is 32.2. The van der Waals surface area contributed by atoms with Crippen molar-refractivity contribution < 1.29 is 8.42 Å². The van der Waals surface area contributed by atoms with Gasteiger partial charge in [0.1, 0.15) is 0 Å². The molecule has 0 radical (unpaired) electrons. The number of rotatable bonds is 4. The summed E-state index contributed by atoms with van der Waals surface area (Å²) < 4.78 is 24.5. The van der Waals surface area contributed by atoms with E-state index in [1.54, 1.807) is 12.1 Å². The average molecular weight is 272 g/mol. The van der Waals surface area contributed by atoms with Crippen molar-refractivity contribution in [2.24, 2.45) is 0 Å². The Morgan fingerprint density at radius 3 is 2.41 bits per heavy atom. The molecule has 1 aromatic carbocycles. The molecule has 1 aliphatic rings. The van der Waals surface area contributed by atoms with E-state index in [9.17, 15) is 8.42 Å². The SMILES string of the molecule is CS(=O)(=O)Nc1ccc(NC2CCSC2)cc1. The lowest BCUT2D eigenvalue weighted by Crippen LogP contribution is -2.18. The second-order valence-corrected chi connectivity index (χ2v) is 7.05. The number of hydrogen-bond acceptors (Lipinski definition) is 4. The third kappa shape index (κ3) is 4.12. The second-order valence-electron chi connectivity index (χ2n) is 4.16. The van der Waals surface area contributed by atoms with Gasteiger partial charge < -0.3 is 5.32 Å². The third-order valence-corrected chi connectivity index (χ3v) is 4.26. The van der Waals surface area contributed by atoms with Gasteiger partial charge in [0.05, 0.1) is 6.26 Å². The Bertz CT molecular complexity index is 465. The lowest BCUT2D eigenvalue weighted by Gasteiger charge is -2.13. The maximum atomic E-state index is 11.0. The minimum absolute atomic E-state index is 0.536. The molecule has 1 atom stereocenters. The fourth-order valence-corrected chi connectivity index (χ4v) is 3.45. The Kier molecular flexibility index (Phi) is 3.83. The molecule has 4 nitrogen and oxygen atoms in total. The van der Waals surface area contributed by atoms with Gasteiger partial charge in [0.15, 0.2) is 0 Å². The monoisotopic (exact) mass is 272 g/mol. The van der Waals surface area contributed by atoms with Crippen molar-refractivity contribution in [2.75, 3.05) is 27.8 Å². The zero-order chi connectivity index (χ0) is 12.3. The van der Waals surface area contributed by atoms with Gasteiger partial charge in [-0.05, 0) is 36.4 Å². The molecule has 0 aliphatic carbocycles. The first-order chi connectivity index (χ1) is 8.03. The van der Waals surface area contributed by atoms with E-state index in [1.807, 2.05) is 23.9 Å². The summed E-state index contributed by atoms with van der Waals surface area (Å²) in [5.74, 6) is 2.36. The Labute approximate surface area is 106 Å². The smallest absolute Gasteiger partial charge is 0.229 e. The summed E-state index contributed by atoms with van der Waals surface area (Å²) in [7, 11) is -3.19. The zero-order valence-corrected chi connectivity index (χ0v) is 11.3. The van der Waals surface area contributed by atoms with Crippen LogP contribution >= 0.6 is 11.8 Å². The molecule has 1 saturated heterocycles. The van der Waals surface area contributed by atoms with Gasteiger partial charge in [0.25, 0.3) is 0 Å². The Morgan fingerprint density at radius 2 is 1.88 bits per heavy atom. The van der Waals surface area contributed by atoms with Crippen LogP contribution in [0.4, 0.5) is 11.4 Å². The Hall–Kier alpha value is -0.880. The van der Waals surface area contributed by atoms with E-state index in [-0.39, 0.29) is 0 Å².